The highest BCUT2D eigenvalue weighted by Crippen LogP contribution is 2.22. The number of hydrazone groups is 1. The Kier molecular flexibility index (Phi) is 3.40. The van der Waals surface area contributed by atoms with Gasteiger partial charge < -0.3 is 0 Å². The van der Waals surface area contributed by atoms with E-state index in [2.05, 4.69) is 10.5 Å². The van der Waals surface area contributed by atoms with Crippen molar-refractivity contribution >= 4 is 39.0 Å². The van der Waals surface area contributed by atoms with Crippen LogP contribution in [-0.2, 0) is 4.79 Å². The summed E-state index contributed by atoms with van der Waals surface area (Å²) >= 11 is 5.65. The fourth-order valence-corrected chi connectivity index (χ4v) is 1.55. The Balaban J connectivity index is 2.37. The highest BCUT2D eigenvalue weighted by Gasteiger charge is 2.02. The van der Waals surface area contributed by atoms with Crippen LogP contribution < -0.4 is 5.43 Å². The Bertz CT molecular complexity index is 587. The van der Waals surface area contributed by atoms with Gasteiger partial charge in [0, 0.05) is 12.3 Å². The van der Waals surface area contributed by atoms with Crippen molar-refractivity contribution in [1.29, 1.82) is 0 Å². The van der Waals surface area contributed by atoms with E-state index in [1.54, 1.807) is 0 Å². The third-order valence-electron chi connectivity index (χ3n) is 2.35. The van der Waals surface area contributed by atoms with Gasteiger partial charge in [-0.3, -0.25) is 10.2 Å². The molecule has 0 atom stereocenters. The van der Waals surface area contributed by atoms with E-state index < -0.39 is 0 Å². The number of hydrogen-bond donors (Lipinski definition) is 1. The molecule has 2 aromatic rings. The van der Waals surface area contributed by atoms with Gasteiger partial charge in [0.2, 0.25) is 0 Å². The zero-order valence-electron chi connectivity index (χ0n) is 9.27. The fourth-order valence-electron chi connectivity index (χ4n) is 1.51. The Labute approximate surface area is 104 Å². The topological polar surface area (TPSA) is 41.5 Å². The third kappa shape index (κ3) is 2.63. The molecule has 1 N–H and O–H groups in total. The molecule has 0 heterocycles. The molecule has 4 heteroatoms. The van der Waals surface area contributed by atoms with Gasteiger partial charge in [-0.2, -0.15) is 5.10 Å². The molecule has 0 spiro atoms. The second-order valence-corrected chi connectivity index (χ2v) is 3.96. The van der Waals surface area contributed by atoms with Crippen molar-refractivity contribution in [3.05, 3.63) is 42.5 Å². The lowest BCUT2D eigenvalue weighted by atomic mass is 10.1. The van der Waals surface area contributed by atoms with Crippen molar-refractivity contribution in [2.45, 2.75) is 6.92 Å². The normalized spacial score (nSPS) is 11.5. The zero-order chi connectivity index (χ0) is 12.3. The van der Waals surface area contributed by atoms with Crippen molar-refractivity contribution in [1.82, 2.24) is 0 Å². The van der Waals surface area contributed by atoms with Crippen LogP contribution in [0.4, 0.5) is 5.69 Å². The van der Waals surface area contributed by atoms with Crippen LogP contribution in [0, 0.1) is 0 Å². The van der Waals surface area contributed by atoms with E-state index in [-0.39, 0.29) is 11.0 Å². The number of carbonyl (C=O) groups excluding carboxylic acids is 1. The average Bonchev–Trinajstić information content (AvgIpc) is 2.35. The van der Waals surface area contributed by atoms with Crippen LogP contribution in [-0.4, -0.2) is 11.0 Å². The van der Waals surface area contributed by atoms with Crippen LogP contribution in [0.2, 0.25) is 0 Å². The quantitative estimate of drug-likeness (QED) is 0.666. The molecule has 2 rings (SSSR count). The second-order valence-electron chi connectivity index (χ2n) is 3.60. The number of benzene rings is 2. The molecule has 3 nitrogen and oxygen atoms in total. The van der Waals surface area contributed by atoms with Crippen molar-refractivity contribution in [2.75, 3.05) is 5.43 Å². The lowest BCUT2D eigenvalue weighted by Gasteiger charge is -2.05. The largest absolute Gasteiger partial charge is 0.292 e. The molecule has 0 radical (unpaired) electrons. The first-order valence-corrected chi connectivity index (χ1v) is 5.54. The van der Waals surface area contributed by atoms with Gasteiger partial charge in [-0.1, -0.05) is 48.0 Å². The van der Waals surface area contributed by atoms with E-state index >= 15 is 0 Å². The second kappa shape index (κ2) is 4.97. The first-order chi connectivity index (χ1) is 8.18. The first-order valence-electron chi connectivity index (χ1n) is 5.16. The summed E-state index contributed by atoms with van der Waals surface area (Å²) in [6.07, 6.45) is 0. The summed E-state index contributed by atoms with van der Waals surface area (Å²) in [5.74, 6) is -0.264. The third-order valence-corrected chi connectivity index (χ3v) is 2.71. The molecular formula is C13H11ClN2O. The van der Waals surface area contributed by atoms with E-state index in [0.717, 1.165) is 16.5 Å². The number of ketones is 1. The van der Waals surface area contributed by atoms with Gasteiger partial charge in [0.05, 0.1) is 5.69 Å². The Morgan fingerprint density at radius 2 is 1.88 bits per heavy atom. The van der Waals surface area contributed by atoms with Crippen LogP contribution in [0.1, 0.15) is 6.92 Å². The SMILES string of the molecule is CC(=O)C(Cl)=NNc1cccc2ccccc12. The summed E-state index contributed by atoms with van der Waals surface area (Å²) in [5.41, 5.74) is 3.63. The van der Waals surface area contributed by atoms with E-state index in [9.17, 15) is 4.79 Å². The number of carbonyl (C=O) groups is 1. The molecule has 0 aliphatic heterocycles. The van der Waals surface area contributed by atoms with Gasteiger partial charge >= 0.3 is 0 Å². The minimum atomic E-state index is -0.264. The first kappa shape index (κ1) is 11.6. The van der Waals surface area contributed by atoms with E-state index in [0.29, 0.717) is 0 Å². The Morgan fingerprint density at radius 1 is 1.18 bits per heavy atom. The smallest absolute Gasteiger partial charge is 0.191 e. The summed E-state index contributed by atoms with van der Waals surface area (Å²) in [6, 6.07) is 13.7. The number of rotatable bonds is 3. The number of anilines is 1. The molecule has 0 aliphatic carbocycles. The summed E-state index contributed by atoms with van der Waals surface area (Å²) in [4.78, 5) is 10.9. The average molecular weight is 247 g/mol. The van der Waals surface area contributed by atoms with Crippen LogP contribution in [0.5, 0.6) is 0 Å². The minimum Gasteiger partial charge on any atom is -0.292 e. The molecule has 0 fully saturated rings. The van der Waals surface area contributed by atoms with E-state index in [1.165, 1.54) is 6.92 Å². The van der Waals surface area contributed by atoms with Gasteiger partial charge in [0.25, 0.3) is 0 Å². The molecule has 0 saturated heterocycles. The molecule has 0 bridgehead atoms. The van der Waals surface area contributed by atoms with Gasteiger partial charge in [-0.15, -0.1) is 0 Å². The van der Waals surface area contributed by atoms with Crippen molar-refractivity contribution < 1.29 is 4.79 Å². The van der Waals surface area contributed by atoms with Crippen LogP contribution in [0.3, 0.4) is 0 Å². The van der Waals surface area contributed by atoms with Crippen molar-refractivity contribution in [3.63, 3.8) is 0 Å². The highest BCUT2D eigenvalue weighted by atomic mass is 35.5. The van der Waals surface area contributed by atoms with Crippen LogP contribution in [0.25, 0.3) is 10.8 Å². The Morgan fingerprint density at radius 3 is 2.65 bits per heavy atom. The maximum atomic E-state index is 10.9. The fraction of sp³-hybridized carbons (Fsp3) is 0.0769. The summed E-state index contributed by atoms with van der Waals surface area (Å²) in [6.45, 7) is 1.37. The van der Waals surface area contributed by atoms with Crippen molar-refractivity contribution in [3.8, 4) is 0 Å². The van der Waals surface area contributed by atoms with Gasteiger partial charge in [-0.25, -0.2) is 0 Å². The number of hydrogen-bond acceptors (Lipinski definition) is 3. The van der Waals surface area contributed by atoms with Gasteiger partial charge in [-0.05, 0) is 11.5 Å². The molecule has 0 unspecified atom stereocenters. The Hall–Kier alpha value is -1.87. The molecule has 2 aromatic carbocycles. The molecule has 0 saturated carbocycles. The zero-order valence-corrected chi connectivity index (χ0v) is 10.0. The van der Waals surface area contributed by atoms with Crippen LogP contribution >= 0.6 is 11.6 Å². The summed E-state index contributed by atoms with van der Waals surface area (Å²) in [5, 5.41) is 5.91. The predicted octanol–water partition coefficient (Wildman–Crippen LogP) is 3.39. The summed E-state index contributed by atoms with van der Waals surface area (Å²) < 4.78 is 0. The molecule has 86 valence electrons. The maximum absolute atomic E-state index is 10.9. The predicted molar refractivity (Wildman–Crippen MR) is 71.5 cm³/mol. The number of Topliss-reactive ketones (excluding diaryl/α,β-unsaturated/α-hetero) is 1. The van der Waals surface area contributed by atoms with Gasteiger partial charge in [0.15, 0.2) is 11.0 Å². The van der Waals surface area contributed by atoms with E-state index in [4.69, 9.17) is 11.6 Å². The number of halogens is 1. The van der Waals surface area contributed by atoms with Gasteiger partial charge in [0.1, 0.15) is 0 Å². The lowest BCUT2D eigenvalue weighted by Crippen LogP contribution is -2.04. The molecule has 0 aromatic heterocycles. The lowest BCUT2D eigenvalue weighted by molar-refractivity contribution is -0.110. The number of fused-ring (bicyclic) bond motifs is 1. The van der Waals surface area contributed by atoms with E-state index in [1.807, 2.05) is 42.5 Å². The van der Waals surface area contributed by atoms with Crippen LogP contribution in [0.15, 0.2) is 47.6 Å². The monoisotopic (exact) mass is 246 g/mol. The minimum absolute atomic E-state index is 0.0575. The van der Waals surface area contributed by atoms with Crippen molar-refractivity contribution in [2.24, 2.45) is 5.10 Å². The standard InChI is InChI=1S/C13H11ClN2O/c1-9(17)13(14)16-15-12-8-4-6-10-5-2-3-7-11(10)12/h2-8,15H,1H3. The number of nitrogens with one attached hydrogen (secondary N) is 1. The maximum Gasteiger partial charge on any atom is 0.191 e. The number of nitrogens with zero attached hydrogens (tertiary/aromatic N) is 1. The molecule has 17 heavy (non-hydrogen) atoms. The molecule has 0 aliphatic rings. The summed E-state index contributed by atoms with van der Waals surface area (Å²) in [7, 11) is 0. The molecular weight excluding hydrogens is 236 g/mol. The molecule has 0 amide bonds. The highest BCUT2D eigenvalue weighted by molar-refractivity contribution is 6.82.